The zero-order chi connectivity index (χ0) is 12.7. The molecule has 0 aliphatic heterocycles. The molecule has 4 nitrogen and oxygen atoms in total. The Morgan fingerprint density at radius 1 is 1.41 bits per heavy atom. The fraction of sp³-hybridized carbons (Fsp3) is 0.636. The van der Waals surface area contributed by atoms with Crippen molar-refractivity contribution in [2.75, 3.05) is 33.0 Å². The van der Waals surface area contributed by atoms with Gasteiger partial charge >= 0.3 is 0 Å². The summed E-state index contributed by atoms with van der Waals surface area (Å²) in [6.07, 6.45) is 0. The van der Waals surface area contributed by atoms with Crippen molar-refractivity contribution in [1.82, 2.24) is 14.9 Å². The van der Waals surface area contributed by atoms with E-state index in [0.29, 0.717) is 24.2 Å². The summed E-state index contributed by atoms with van der Waals surface area (Å²) < 4.78 is 5.27. The molecular formula is C11H18ClN3OS. The van der Waals surface area contributed by atoms with Crippen molar-refractivity contribution in [3.63, 3.8) is 0 Å². The van der Waals surface area contributed by atoms with Crippen LogP contribution in [0.4, 0.5) is 0 Å². The number of thioether (sulfide) groups is 1. The Hall–Kier alpha value is -0.360. The molecule has 0 N–H and O–H groups in total. The molecule has 96 valence electrons. The van der Waals surface area contributed by atoms with E-state index in [4.69, 9.17) is 16.3 Å². The van der Waals surface area contributed by atoms with E-state index in [1.54, 1.807) is 17.8 Å². The van der Waals surface area contributed by atoms with Crippen molar-refractivity contribution in [2.24, 2.45) is 0 Å². The lowest BCUT2D eigenvalue weighted by Crippen LogP contribution is -2.14. The molecule has 0 saturated heterocycles. The number of rotatable bonds is 7. The van der Waals surface area contributed by atoms with Gasteiger partial charge in [0.25, 0.3) is 0 Å². The first-order valence-corrected chi connectivity index (χ1v) is 6.87. The lowest BCUT2D eigenvalue weighted by molar-refractivity contribution is 0.128. The Bertz CT molecular complexity index is 349. The Kier molecular flexibility index (Phi) is 6.80. The summed E-state index contributed by atoms with van der Waals surface area (Å²) >= 11 is 7.62. The number of ether oxygens (including phenoxy) is 1. The largest absolute Gasteiger partial charge is 0.374 e. The predicted octanol–water partition coefficient (Wildman–Crippen LogP) is 2.32. The van der Waals surface area contributed by atoms with Crippen LogP contribution in [0.3, 0.4) is 0 Å². The van der Waals surface area contributed by atoms with Gasteiger partial charge in [0.05, 0.1) is 0 Å². The van der Waals surface area contributed by atoms with Crippen LogP contribution in [0.5, 0.6) is 0 Å². The van der Waals surface area contributed by atoms with Crippen LogP contribution in [0.25, 0.3) is 0 Å². The average Bonchev–Trinajstić information content (AvgIpc) is 2.25. The highest BCUT2D eigenvalue weighted by Crippen LogP contribution is 2.18. The Morgan fingerprint density at radius 3 is 2.82 bits per heavy atom. The highest BCUT2D eigenvalue weighted by atomic mass is 35.5. The minimum Gasteiger partial charge on any atom is -0.374 e. The molecule has 0 spiro atoms. The number of aromatic nitrogens is 2. The van der Waals surface area contributed by atoms with Gasteiger partial charge in [0, 0.05) is 25.0 Å². The molecule has 0 atom stereocenters. The Labute approximate surface area is 112 Å². The van der Waals surface area contributed by atoms with Crippen molar-refractivity contribution in [3.05, 3.63) is 17.0 Å². The van der Waals surface area contributed by atoms with E-state index >= 15 is 0 Å². The molecule has 1 heterocycles. The topological polar surface area (TPSA) is 38.2 Å². The Balaban J connectivity index is 2.55. The van der Waals surface area contributed by atoms with Gasteiger partial charge in [-0.05, 0) is 21.0 Å². The van der Waals surface area contributed by atoms with Crippen molar-refractivity contribution in [3.8, 4) is 0 Å². The summed E-state index contributed by atoms with van der Waals surface area (Å²) in [5.41, 5.74) is 0. The summed E-state index contributed by atoms with van der Waals surface area (Å²) in [5, 5.41) is 1.38. The summed E-state index contributed by atoms with van der Waals surface area (Å²) in [5.74, 6) is 1.63. The minimum absolute atomic E-state index is 0.415. The smallest absolute Gasteiger partial charge is 0.156 e. The quantitative estimate of drug-likeness (QED) is 0.564. The van der Waals surface area contributed by atoms with Crippen molar-refractivity contribution in [1.29, 1.82) is 0 Å². The van der Waals surface area contributed by atoms with Crippen LogP contribution in [0.2, 0.25) is 5.15 Å². The molecule has 0 saturated carbocycles. The molecule has 1 aromatic rings. The second-order valence-electron chi connectivity index (χ2n) is 3.73. The number of hydrogen-bond acceptors (Lipinski definition) is 5. The van der Waals surface area contributed by atoms with E-state index < -0.39 is 0 Å². The van der Waals surface area contributed by atoms with Gasteiger partial charge in [0.15, 0.2) is 5.82 Å². The third-order valence-electron chi connectivity index (χ3n) is 1.94. The Morgan fingerprint density at radius 2 is 2.18 bits per heavy atom. The molecule has 1 aromatic heterocycles. The number of nitrogens with zero attached hydrogens (tertiary/aromatic N) is 3. The molecule has 0 bridgehead atoms. The van der Waals surface area contributed by atoms with Crippen molar-refractivity contribution >= 4 is 23.4 Å². The second kappa shape index (κ2) is 7.87. The first-order chi connectivity index (χ1) is 8.11. The van der Waals surface area contributed by atoms with Crippen molar-refractivity contribution in [2.45, 2.75) is 18.6 Å². The third-order valence-corrected chi connectivity index (χ3v) is 3.03. The highest BCUT2D eigenvalue weighted by Gasteiger charge is 2.04. The van der Waals surface area contributed by atoms with Crippen molar-refractivity contribution < 1.29 is 4.74 Å². The zero-order valence-corrected chi connectivity index (χ0v) is 12.0. The van der Waals surface area contributed by atoms with Gasteiger partial charge in [-0.1, -0.05) is 11.6 Å². The minimum atomic E-state index is 0.415. The van der Waals surface area contributed by atoms with Gasteiger partial charge < -0.3 is 9.64 Å². The third kappa shape index (κ3) is 6.21. The maximum atomic E-state index is 5.94. The fourth-order valence-corrected chi connectivity index (χ4v) is 2.40. The zero-order valence-electron chi connectivity index (χ0n) is 10.4. The summed E-state index contributed by atoms with van der Waals surface area (Å²) in [6.45, 7) is 4.02. The van der Waals surface area contributed by atoms with Crippen LogP contribution in [-0.4, -0.2) is 47.9 Å². The van der Waals surface area contributed by atoms with Crippen LogP contribution in [0, 0.1) is 0 Å². The fourth-order valence-electron chi connectivity index (χ4n) is 1.11. The van der Waals surface area contributed by atoms with Gasteiger partial charge in [-0.25, -0.2) is 9.97 Å². The molecule has 0 aliphatic carbocycles. The first-order valence-electron chi connectivity index (χ1n) is 5.50. The summed E-state index contributed by atoms with van der Waals surface area (Å²) in [7, 11) is 4.10. The summed E-state index contributed by atoms with van der Waals surface area (Å²) in [4.78, 5) is 10.6. The first kappa shape index (κ1) is 14.7. The van der Waals surface area contributed by atoms with Gasteiger partial charge in [-0.15, -0.1) is 11.8 Å². The molecule has 0 aliphatic rings. The van der Waals surface area contributed by atoms with E-state index in [1.807, 2.05) is 21.0 Å². The highest BCUT2D eigenvalue weighted by molar-refractivity contribution is 7.99. The summed E-state index contributed by atoms with van der Waals surface area (Å²) in [6, 6.07) is 1.79. The standard InChI is InChI=1S/C11H18ClN3OS/c1-4-16-8-10-13-9(12)7-11(14-10)17-6-5-15(2)3/h7H,4-6,8H2,1-3H3. The number of hydrogen-bond donors (Lipinski definition) is 0. The SMILES string of the molecule is CCOCc1nc(Cl)cc(SCCN(C)C)n1. The van der Waals surface area contributed by atoms with Crippen LogP contribution in [-0.2, 0) is 11.3 Å². The van der Waals surface area contributed by atoms with Gasteiger partial charge in [-0.2, -0.15) is 0 Å². The lowest BCUT2D eigenvalue weighted by atomic mass is 10.6. The predicted molar refractivity (Wildman–Crippen MR) is 71.7 cm³/mol. The molecule has 0 radical (unpaired) electrons. The molecule has 0 fully saturated rings. The molecule has 1 rings (SSSR count). The molecule has 0 aromatic carbocycles. The van der Waals surface area contributed by atoms with Gasteiger partial charge in [0.2, 0.25) is 0 Å². The van der Waals surface area contributed by atoms with Crippen LogP contribution >= 0.6 is 23.4 Å². The van der Waals surface area contributed by atoms with Crippen LogP contribution < -0.4 is 0 Å². The normalized spacial score (nSPS) is 11.1. The molecule has 0 amide bonds. The lowest BCUT2D eigenvalue weighted by Gasteiger charge is -2.09. The second-order valence-corrected chi connectivity index (χ2v) is 5.24. The van der Waals surface area contributed by atoms with E-state index in [9.17, 15) is 0 Å². The van der Waals surface area contributed by atoms with E-state index in [-0.39, 0.29) is 0 Å². The van der Waals surface area contributed by atoms with Gasteiger partial charge in [0.1, 0.15) is 16.8 Å². The molecular weight excluding hydrogens is 258 g/mol. The van der Waals surface area contributed by atoms with Crippen LogP contribution in [0.1, 0.15) is 12.7 Å². The van der Waals surface area contributed by atoms with E-state index in [0.717, 1.165) is 17.3 Å². The molecule has 17 heavy (non-hydrogen) atoms. The maximum Gasteiger partial charge on any atom is 0.156 e. The molecule has 0 unspecified atom stereocenters. The molecule has 6 heteroatoms. The van der Waals surface area contributed by atoms with E-state index in [1.165, 1.54) is 0 Å². The van der Waals surface area contributed by atoms with Crippen LogP contribution in [0.15, 0.2) is 11.1 Å². The number of halogens is 1. The maximum absolute atomic E-state index is 5.94. The average molecular weight is 276 g/mol. The monoisotopic (exact) mass is 275 g/mol. The van der Waals surface area contributed by atoms with E-state index in [2.05, 4.69) is 14.9 Å². The van der Waals surface area contributed by atoms with Gasteiger partial charge in [-0.3, -0.25) is 0 Å².